The number of rotatable bonds is 6. The molecule has 2 unspecified atom stereocenters. The molecular weight excluding hydrogens is 286 g/mol. The topological polar surface area (TPSA) is 63.2 Å². The van der Waals surface area contributed by atoms with Crippen molar-refractivity contribution in [2.45, 2.75) is 65.6 Å². The van der Waals surface area contributed by atoms with Gasteiger partial charge in [-0.1, -0.05) is 0 Å². The van der Waals surface area contributed by atoms with Gasteiger partial charge in [0.1, 0.15) is 5.60 Å². The van der Waals surface area contributed by atoms with E-state index in [9.17, 15) is 4.79 Å². The quantitative estimate of drug-likeness (QED) is 0.845. The van der Waals surface area contributed by atoms with Crippen LogP contribution >= 0.6 is 11.3 Å². The van der Waals surface area contributed by atoms with Gasteiger partial charge in [0.2, 0.25) is 0 Å². The van der Waals surface area contributed by atoms with E-state index in [2.05, 4.69) is 27.9 Å². The first-order valence-electron chi connectivity index (χ1n) is 7.32. The average Bonchev–Trinajstić information content (AvgIpc) is 2.72. The first kappa shape index (κ1) is 17.9. The maximum atomic E-state index is 11.6. The van der Waals surface area contributed by atoms with Gasteiger partial charge in [-0.3, -0.25) is 0 Å². The summed E-state index contributed by atoms with van der Waals surface area (Å²) in [4.78, 5) is 16.1. The van der Waals surface area contributed by atoms with Gasteiger partial charge < -0.3 is 15.4 Å². The van der Waals surface area contributed by atoms with Crippen LogP contribution in [-0.4, -0.2) is 29.3 Å². The van der Waals surface area contributed by atoms with Crippen molar-refractivity contribution in [3.63, 3.8) is 0 Å². The number of amides is 1. The minimum Gasteiger partial charge on any atom is -0.444 e. The number of hydrogen-bond donors (Lipinski definition) is 2. The summed E-state index contributed by atoms with van der Waals surface area (Å²) in [6, 6.07) is 0.292. The highest BCUT2D eigenvalue weighted by atomic mass is 32.1. The van der Waals surface area contributed by atoms with E-state index in [-0.39, 0.29) is 18.2 Å². The van der Waals surface area contributed by atoms with Crippen molar-refractivity contribution in [3.05, 3.63) is 16.1 Å². The van der Waals surface area contributed by atoms with Crippen LogP contribution in [-0.2, 0) is 4.74 Å². The maximum absolute atomic E-state index is 11.6. The van der Waals surface area contributed by atoms with Crippen molar-refractivity contribution in [1.29, 1.82) is 0 Å². The van der Waals surface area contributed by atoms with Gasteiger partial charge >= 0.3 is 6.09 Å². The normalized spacial score (nSPS) is 14.6. The Labute approximate surface area is 131 Å². The molecule has 2 atom stereocenters. The van der Waals surface area contributed by atoms with Crippen LogP contribution in [0, 0.1) is 6.92 Å². The molecule has 0 fully saturated rings. The lowest BCUT2D eigenvalue weighted by atomic mass is 10.2. The zero-order valence-electron chi connectivity index (χ0n) is 13.8. The molecule has 1 aromatic heterocycles. The van der Waals surface area contributed by atoms with E-state index in [1.54, 1.807) is 11.3 Å². The van der Waals surface area contributed by atoms with E-state index in [4.69, 9.17) is 4.74 Å². The fourth-order valence-electron chi connectivity index (χ4n) is 1.78. The number of nitrogens with one attached hydrogen (secondary N) is 2. The van der Waals surface area contributed by atoms with Crippen molar-refractivity contribution in [2.24, 2.45) is 0 Å². The van der Waals surface area contributed by atoms with Gasteiger partial charge in [0.25, 0.3) is 0 Å². The molecule has 0 aromatic carbocycles. The lowest BCUT2D eigenvalue weighted by molar-refractivity contribution is 0.0506. The molecule has 0 radical (unpaired) electrons. The standard InChI is InChI=1S/C15H27N3O2S/c1-10(17-14(19)20-15(4,5)6)7-8-16-11(2)13-9-21-12(3)18-13/h9-11,16H,7-8H2,1-6H3,(H,17,19). The minimum atomic E-state index is -0.459. The highest BCUT2D eigenvalue weighted by Gasteiger charge is 2.17. The number of aromatic nitrogens is 1. The Morgan fingerprint density at radius 2 is 2.10 bits per heavy atom. The number of ether oxygens (including phenoxy) is 1. The summed E-state index contributed by atoms with van der Waals surface area (Å²) in [6.45, 7) is 12.5. The summed E-state index contributed by atoms with van der Waals surface area (Å²) < 4.78 is 5.23. The van der Waals surface area contributed by atoms with E-state index >= 15 is 0 Å². The van der Waals surface area contributed by atoms with Crippen molar-refractivity contribution >= 4 is 17.4 Å². The second-order valence-corrected chi connectivity index (χ2v) is 7.37. The van der Waals surface area contributed by atoms with Crippen LogP contribution in [0.3, 0.4) is 0 Å². The Hall–Kier alpha value is -1.14. The second-order valence-electron chi connectivity index (χ2n) is 6.30. The molecule has 21 heavy (non-hydrogen) atoms. The molecule has 0 aliphatic heterocycles. The Kier molecular flexibility index (Phi) is 6.61. The third-order valence-electron chi connectivity index (χ3n) is 2.87. The second kappa shape index (κ2) is 7.75. The summed E-state index contributed by atoms with van der Waals surface area (Å²) in [5, 5.41) is 9.42. The number of nitrogens with zero attached hydrogens (tertiary/aromatic N) is 1. The number of hydrogen-bond acceptors (Lipinski definition) is 5. The van der Waals surface area contributed by atoms with E-state index in [1.165, 1.54) is 0 Å². The molecular formula is C15H27N3O2S. The smallest absolute Gasteiger partial charge is 0.407 e. The molecule has 1 aromatic rings. The van der Waals surface area contributed by atoms with Crippen LogP contribution in [0.2, 0.25) is 0 Å². The van der Waals surface area contributed by atoms with Crippen LogP contribution in [0.5, 0.6) is 0 Å². The predicted molar refractivity (Wildman–Crippen MR) is 86.7 cm³/mol. The highest BCUT2D eigenvalue weighted by Crippen LogP contribution is 2.15. The molecule has 120 valence electrons. The van der Waals surface area contributed by atoms with Crippen molar-refractivity contribution in [2.75, 3.05) is 6.54 Å². The number of alkyl carbamates (subject to hydrolysis) is 1. The summed E-state index contributed by atoms with van der Waals surface area (Å²) in [7, 11) is 0. The summed E-state index contributed by atoms with van der Waals surface area (Å²) in [6.07, 6.45) is 0.477. The van der Waals surface area contributed by atoms with Crippen LogP contribution in [0.4, 0.5) is 4.79 Å². The molecule has 0 aliphatic carbocycles. The van der Waals surface area contributed by atoms with Crippen LogP contribution < -0.4 is 10.6 Å². The molecule has 1 amide bonds. The molecule has 6 heteroatoms. The Balaban J connectivity index is 2.24. The van der Waals surface area contributed by atoms with Crippen molar-refractivity contribution < 1.29 is 9.53 Å². The lowest BCUT2D eigenvalue weighted by Crippen LogP contribution is -2.39. The van der Waals surface area contributed by atoms with Crippen molar-refractivity contribution in [3.8, 4) is 0 Å². The maximum Gasteiger partial charge on any atom is 0.407 e. The SMILES string of the molecule is Cc1nc(C(C)NCCC(C)NC(=O)OC(C)(C)C)cs1. The Morgan fingerprint density at radius 3 is 2.62 bits per heavy atom. The first-order valence-corrected chi connectivity index (χ1v) is 8.20. The van der Waals surface area contributed by atoms with E-state index in [0.29, 0.717) is 0 Å². The summed E-state index contributed by atoms with van der Waals surface area (Å²) in [5.41, 5.74) is 0.615. The third-order valence-corrected chi connectivity index (χ3v) is 3.66. The molecule has 0 bridgehead atoms. The number of carbonyl (C=O) groups excluding carboxylic acids is 1. The van der Waals surface area contributed by atoms with Gasteiger partial charge in [-0.25, -0.2) is 9.78 Å². The fraction of sp³-hybridized carbons (Fsp3) is 0.733. The van der Waals surface area contributed by atoms with E-state index in [1.807, 2.05) is 34.6 Å². The van der Waals surface area contributed by atoms with Crippen LogP contribution in [0.15, 0.2) is 5.38 Å². The van der Waals surface area contributed by atoms with Crippen LogP contribution in [0.1, 0.15) is 57.8 Å². The minimum absolute atomic E-state index is 0.0664. The largest absolute Gasteiger partial charge is 0.444 e. The first-order chi connectivity index (χ1) is 9.67. The lowest BCUT2D eigenvalue weighted by Gasteiger charge is -2.22. The van der Waals surface area contributed by atoms with E-state index < -0.39 is 5.60 Å². The Morgan fingerprint density at radius 1 is 1.43 bits per heavy atom. The number of aryl methyl sites for hydroxylation is 1. The predicted octanol–water partition coefficient (Wildman–Crippen LogP) is 3.41. The van der Waals surface area contributed by atoms with Gasteiger partial charge in [0.05, 0.1) is 10.7 Å². The molecule has 0 saturated carbocycles. The molecule has 0 spiro atoms. The highest BCUT2D eigenvalue weighted by molar-refractivity contribution is 7.09. The number of thiazole rings is 1. The van der Waals surface area contributed by atoms with E-state index in [0.717, 1.165) is 23.7 Å². The Bertz CT molecular complexity index is 454. The van der Waals surface area contributed by atoms with Gasteiger partial charge in [-0.2, -0.15) is 0 Å². The molecule has 5 nitrogen and oxygen atoms in total. The zero-order valence-corrected chi connectivity index (χ0v) is 14.6. The fourth-order valence-corrected chi connectivity index (χ4v) is 2.49. The van der Waals surface area contributed by atoms with Gasteiger partial charge in [0, 0.05) is 17.5 Å². The number of carbonyl (C=O) groups is 1. The molecule has 2 N–H and O–H groups in total. The zero-order chi connectivity index (χ0) is 16.0. The summed E-state index contributed by atoms with van der Waals surface area (Å²) >= 11 is 1.66. The monoisotopic (exact) mass is 313 g/mol. The molecule has 0 saturated heterocycles. The molecule has 1 heterocycles. The molecule has 1 rings (SSSR count). The molecule has 0 aliphatic rings. The van der Waals surface area contributed by atoms with Gasteiger partial charge in [-0.15, -0.1) is 11.3 Å². The average molecular weight is 313 g/mol. The third kappa shape index (κ3) is 7.43. The summed E-state index contributed by atoms with van der Waals surface area (Å²) in [5.74, 6) is 0. The van der Waals surface area contributed by atoms with Gasteiger partial charge in [0.15, 0.2) is 0 Å². The van der Waals surface area contributed by atoms with Crippen molar-refractivity contribution in [1.82, 2.24) is 15.6 Å². The van der Waals surface area contributed by atoms with Gasteiger partial charge in [-0.05, 0) is 54.5 Å². The van der Waals surface area contributed by atoms with Crippen LogP contribution in [0.25, 0.3) is 0 Å².